The second-order valence-electron chi connectivity index (χ2n) is 11.8. The Morgan fingerprint density at radius 2 is 1.51 bits per heavy atom. The smallest absolute Gasteiger partial charge is 0.408 e. The van der Waals surface area contributed by atoms with Gasteiger partial charge in [-0.3, -0.25) is 19.3 Å². The summed E-state index contributed by atoms with van der Waals surface area (Å²) in [5.41, 5.74) is -0.459. The molecule has 0 bridgehead atoms. The summed E-state index contributed by atoms with van der Waals surface area (Å²) in [5.74, 6) is -3.60. The van der Waals surface area contributed by atoms with Crippen molar-refractivity contribution in [1.82, 2.24) is 20.9 Å². The number of esters is 1. The number of alkyl carbamates (subject to hydrolysis) is 1. The first-order valence-electron chi connectivity index (χ1n) is 14.4. The Bertz CT molecular complexity index is 1140. The summed E-state index contributed by atoms with van der Waals surface area (Å²) < 4.78 is 16.0. The molecule has 0 aliphatic carbocycles. The minimum absolute atomic E-state index is 0.0105. The van der Waals surface area contributed by atoms with Crippen molar-refractivity contribution < 1.29 is 43.3 Å². The van der Waals surface area contributed by atoms with Crippen LogP contribution in [0.4, 0.5) is 4.79 Å². The van der Waals surface area contributed by atoms with Gasteiger partial charge in [0.2, 0.25) is 17.7 Å². The molecule has 1 aromatic rings. The standard InChI is InChI=1S/C30H46N4O9/c1-16(2)21(25(36)32-23(18(5)35)28(39)41-9)31-26(37)24-19(6)43-30(7,8)34(24)27(38)22(17(3)4)33-29(40)42-15-20-13-11-10-12-14-20/h10-14,16-19,21-24,35H,15H2,1-9H3,(H,31,37)(H,32,36)(H,33,40)/t18-,19-,21+,22+,23+,24+/m1/s1. The number of benzene rings is 1. The van der Waals surface area contributed by atoms with E-state index in [0.29, 0.717) is 0 Å². The Balaban J connectivity index is 2.26. The average Bonchev–Trinajstić information content (AvgIpc) is 3.18. The number of hydrogen-bond acceptors (Lipinski definition) is 9. The molecular weight excluding hydrogens is 560 g/mol. The second kappa shape index (κ2) is 15.1. The van der Waals surface area contributed by atoms with Gasteiger partial charge in [-0.15, -0.1) is 0 Å². The fourth-order valence-electron chi connectivity index (χ4n) is 4.93. The molecule has 4 N–H and O–H groups in total. The number of hydrogen-bond donors (Lipinski definition) is 4. The van der Waals surface area contributed by atoms with Crippen LogP contribution in [0.25, 0.3) is 0 Å². The molecule has 13 nitrogen and oxygen atoms in total. The summed E-state index contributed by atoms with van der Waals surface area (Å²) in [6, 6.07) is 4.40. The molecule has 1 aliphatic rings. The van der Waals surface area contributed by atoms with Crippen LogP contribution in [-0.4, -0.2) is 89.0 Å². The molecule has 4 amide bonds. The molecule has 0 saturated carbocycles. The number of aliphatic hydroxyl groups is 1. The fraction of sp³-hybridized carbons (Fsp3) is 0.633. The zero-order valence-corrected chi connectivity index (χ0v) is 26.4. The first-order valence-corrected chi connectivity index (χ1v) is 14.4. The van der Waals surface area contributed by atoms with E-state index in [1.807, 2.05) is 18.2 Å². The third-order valence-electron chi connectivity index (χ3n) is 7.18. The van der Waals surface area contributed by atoms with Crippen molar-refractivity contribution in [3.05, 3.63) is 35.9 Å². The molecule has 43 heavy (non-hydrogen) atoms. The third kappa shape index (κ3) is 9.14. The molecule has 0 radical (unpaired) electrons. The van der Waals surface area contributed by atoms with Crippen LogP contribution in [0.3, 0.4) is 0 Å². The molecule has 6 atom stereocenters. The maximum atomic E-state index is 14.0. The Hall–Kier alpha value is -3.71. The molecule has 1 aliphatic heterocycles. The average molecular weight is 607 g/mol. The third-order valence-corrected chi connectivity index (χ3v) is 7.18. The maximum absolute atomic E-state index is 14.0. The Labute approximate surface area is 253 Å². The van der Waals surface area contributed by atoms with Crippen LogP contribution < -0.4 is 16.0 Å². The topological polar surface area (TPSA) is 173 Å². The molecular formula is C30H46N4O9. The van der Waals surface area contributed by atoms with Crippen LogP contribution in [0, 0.1) is 11.8 Å². The molecule has 0 spiro atoms. The van der Waals surface area contributed by atoms with E-state index in [0.717, 1.165) is 12.7 Å². The lowest BCUT2D eigenvalue weighted by atomic mass is 9.98. The molecule has 13 heteroatoms. The summed E-state index contributed by atoms with van der Waals surface area (Å²) in [6.45, 7) is 13.1. The van der Waals surface area contributed by atoms with E-state index in [9.17, 15) is 29.1 Å². The van der Waals surface area contributed by atoms with Crippen molar-refractivity contribution in [3.63, 3.8) is 0 Å². The van der Waals surface area contributed by atoms with Crippen LogP contribution in [0.2, 0.25) is 0 Å². The Kier molecular flexibility index (Phi) is 12.5. The highest BCUT2D eigenvalue weighted by molar-refractivity contribution is 5.96. The summed E-state index contributed by atoms with van der Waals surface area (Å²) in [6.07, 6.45) is -2.82. The van der Waals surface area contributed by atoms with Gasteiger partial charge in [-0.2, -0.15) is 0 Å². The largest absolute Gasteiger partial charge is 0.467 e. The van der Waals surface area contributed by atoms with Gasteiger partial charge >= 0.3 is 12.1 Å². The van der Waals surface area contributed by atoms with Crippen molar-refractivity contribution in [1.29, 1.82) is 0 Å². The van der Waals surface area contributed by atoms with E-state index in [1.54, 1.807) is 60.6 Å². The second-order valence-corrected chi connectivity index (χ2v) is 11.8. The number of aliphatic hydroxyl groups excluding tert-OH is 1. The fourth-order valence-corrected chi connectivity index (χ4v) is 4.93. The highest BCUT2D eigenvalue weighted by atomic mass is 16.6. The van der Waals surface area contributed by atoms with Gasteiger partial charge in [-0.05, 0) is 45.1 Å². The van der Waals surface area contributed by atoms with Crippen molar-refractivity contribution >= 4 is 29.8 Å². The molecule has 0 unspecified atom stereocenters. The molecule has 240 valence electrons. The number of ether oxygens (including phenoxy) is 3. The number of amides is 4. The Morgan fingerprint density at radius 3 is 2.02 bits per heavy atom. The van der Waals surface area contributed by atoms with Gasteiger partial charge in [-0.25, -0.2) is 9.59 Å². The van der Waals surface area contributed by atoms with Gasteiger partial charge < -0.3 is 35.3 Å². The van der Waals surface area contributed by atoms with Crippen LogP contribution in [0.5, 0.6) is 0 Å². The predicted molar refractivity (Wildman–Crippen MR) is 156 cm³/mol. The number of methoxy groups -OCH3 is 1. The highest BCUT2D eigenvalue weighted by Crippen LogP contribution is 2.33. The maximum Gasteiger partial charge on any atom is 0.408 e. The number of rotatable bonds is 12. The predicted octanol–water partition coefficient (Wildman–Crippen LogP) is 1.47. The lowest BCUT2D eigenvalue weighted by Crippen LogP contribution is -2.63. The van der Waals surface area contributed by atoms with Crippen molar-refractivity contribution in [2.24, 2.45) is 11.8 Å². The van der Waals surface area contributed by atoms with Crippen LogP contribution in [0.15, 0.2) is 30.3 Å². The lowest BCUT2D eigenvalue weighted by Gasteiger charge is -2.37. The summed E-state index contributed by atoms with van der Waals surface area (Å²) >= 11 is 0. The highest BCUT2D eigenvalue weighted by Gasteiger charge is 2.53. The van der Waals surface area contributed by atoms with E-state index in [4.69, 9.17) is 9.47 Å². The number of nitrogens with zero attached hydrogens (tertiary/aromatic N) is 1. The van der Waals surface area contributed by atoms with Gasteiger partial charge in [0, 0.05) is 0 Å². The summed E-state index contributed by atoms with van der Waals surface area (Å²) in [5, 5.41) is 17.7. The molecule has 1 heterocycles. The van der Waals surface area contributed by atoms with Gasteiger partial charge in [0.05, 0.1) is 19.3 Å². The zero-order valence-electron chi connectivity index (χ0n) is 26.4. The lowest BCUT2D eigenvalue weighted by molar-refractivity contribution is -0.153. The molecule has 2 rings (SSSR count). The van der Waals surface area contributed by atoms with Gasteiger partial charge in [0.25, 0.3) is 0 Å². The van der Waals surface area contributed by atoms with Crippen LogP contribution in [0.1, 0.15) is 61.0 Å². The van der Waals surface area contributed by atoms with Crippen LogP contribution in [-0.2, 0) is 40.0 Å². The minimum Gasteiger partial charge on any atom is -0.467 e. The Morgan fingerprint density at radius 1 is 0.930 bits per heavy atom. The summed E-state index contributed by atoms with van der Waals surface area (Å²) in [4.78, 5) is 66.9. The number of nitrogens with one attached hydrogen (secondary N) is 3. The number of carbonyl (C=O) groups excluding carboxylic acids is 5. The molecule has 1 aromatic carbocycles. The first-order chi connectivity index (χ1) is 20.0. The minimum atomic E-state index is -1.35. The first kappa shape index (κ1) is 35.5. The van der Waals surface area contributed by atoms with Crippen LogP contribution >= 0.6 is 0 Å². The zero-order chi connectivity index (χ0) is 32.6. The van der Waals surface area contributed by atoms with Gasteiger partial charge in [-0.1, -0.05) is 58.0 Å². The summed E-state index contributed by atoms with van der Waals surface area (Å²) in [7, 11) is 1.13. The van der Waals surface area contributed by atoms with Crippen molar-refractivity contribution in [2.75, 3.05) is 7.11 Å². The molecule has 1 saturated heterocycles. The SMILES string of the molecule is COC(=O)[C@@H](NC(=O)[C@@H](NC(=O)[C@@H]1[C@@H](C)OC(C)(C)N1C(=O)[C@@H](NC(=O)OCc1ccccc1)C(C)C)C(C)C)[C@@H](C)O. The van der Waals surface area contributed by atoms with E-state index in [-0.39, 0.29) is 12.5 Å². The van der Waals surface area contributed by atoms with Gasteiger partial charge in [0.15, 0.2) is 6.04 Å². The van der Waals surface area contributed by atoms with E-state index >= 15 is 0 Å². The quantitative estimate of drug-likeness (QED) is 0.257. The van der Waals surface area contributed by atoms with Crippen molar-refractivity contribution in [2.45, 2.75) is 104 Å². The monoisotopic (exact) mass is 606 g/mol. The van der Waals surface area contributed by atoms with Crippen molar-refractivity contribution in [3.8, 4) is 0 Å². The number of carbonyl (C=O) groups is 5. The molecule has 0 aromatic heterocycles. The molecule has 1 fully saturated rings. The normalized spacial score (nSPS) is 20.5. The van der Waals surface area contributed by atoms with E-state index in [2.05, 4.69) is 20.7 Å². The van der Waals surface area contributed by atoms with E-state index in [1.165, 1.54) is 11.8 Å². The van der Waals surface area contributed by atoms with Gasteiger partial charge in [0.1, 0.15) is 30.5 Å². The van der Waals surface area contributed by atoms with E-state index < -0.39 is 77.8 Å².